The van der Waals surface area contributed by atoms with E-state index >= 15 is 0 Å². The number of hydrogen-bond acceptors (Lipinski definition) is 3. The zero-order valence-corrected chi connectivity index (χ0v) is 15.2. The molecule has 3 nitrogen and oxygen atoms in total. The lowest BCUT2D eigenvalue weighted by molar-refractivity contribution is -0.155. The van der Waals surface area contributed by atoms with E-state index in [4.69, 9.17) is 0 Å². The van der Waals surface area contributed by atoms with Crippen molar-refractivity contribution in [1.82, 2.24) is 9.80 Å². The number of benzene rings is 2. The Balaban J connectivity index is 1.54. The summed E-state index contributed by atoms with van der Waals surface area (Å²) in [6, 6.07) is 21.2. The van der Waals surface area contributed by atoms with E-state index in [1.165, 1.54) is 11.1 Å². The SMILES string of the molecule is O=C1C2(Cc3ccccc3)CN3CCN(C2)CC1(Cc1ccccc1)C3. The Labute approximate surface area is 155 Å². The summed E-state index contributed by atoms with van der Waals surface area (Å²) >= 11 is 0. The number of hydrogen-bond donors (Lipinski definition) is 0. The van der Waals surface area contributed by atoms with Crippen molar-refractivity contribution in [1.29, 1.82) is 0 Å². The molecule has 2 aromatic carbocycles. The molecule has 6 rings (SSSR count). The van der Waals surface area contributed by atoms with Crippen molar-refractivity contribution in [3.63, 3.8) is 0 Å². The molecule has 4 fully saturated rings. The van der Waals surface area contributed by atoms with Crippen LogP contribution in [0.25, 0.3) is 0 Å². The number of piperidine rings is 2. The van der Waals surface area contributed by atoms with Crippen molar-refractivity contribution in [2.45, 2.75) is 12.8 Å². The Morgan fingerprint density at radius 1 is 0.654 bits per heavy atom. The van der Waals surface area contributed by atoms with Gasteiger partial charge in [0.2, 0.25) is 0 Å². The summed E-state index contributed by atoms with van der Waals surface area (Å²) in [6.07, 6.45) is 1.74. The predicted molar refractivity (Wildman–Crippen MR) is 103 cm³/mol. The molecule has 2 aromatic rings. The molecule has 26 heavy (non-hydrogen) atoms. The van der Waals surface area contributed by atoms with Gasteiger partial charge in [-0.3, -0.25) is 14.6 Å². The molecule has 4 aliphatic heterocycles. The maximum atomic E-state index is 13.9. The summed E-state index contributed by atoms with van der Waals surface area (Å²) in [4.78, 5) is 19.1. The molecule has 4 bridgehead atoms. The lowest BCUT2D eigenvalue weighted by Gasteiger charge is -2.54. The zero-order valence-electron chi connectivity index (χ0n) is 15.2. The molecule has 0 saturated carbocycles. The molecule has 0 spiro atoms. The van der Waals surface area contributed by atoms with Crippen LogP contribution in [0.2, 0.25) is 0 Å². The van der Waals surface area contributed by atoms with E-state index in [2.05, 4.69) is 70.5 Å². The summed E-state index contributed by atoms with van der Waals surface area (Å²) in [6.45, 7) is 5.89. The third-order valence-electron chi connectivity index (χ3n) is 6.57. The number of carbonyl (C=O) groups is 1. The van der Waals surface area contributed by atoms with Crippen LogP contribution in [0.5, 0.6) is 0 Å². The normalized spacial score (nSPS) is 35.5. The highest BCUT2D eigenvalue weighted by molar-refractivity contribution is 5.93. The van der Waals surface area contributed by atoms with Gasteiger partial charge in [-0.25, -0.2) is 0 Å². The van der Waals surface area contributed by atoms with E-state index in [0.29, 0.717) is 5.78 Å². The van der Waals surface area contributed by atoms with E-state index in [9.17, 15) is 4.79 Å². The highest BCUT2D eigenvalue weighted by atomic mass is 16.1. The molecule has 0 amide bonds. The van der Waals surface area contributed by atoms with E-state index in [1.54, 1.807) is 0 Å². The first kappa shape index (κ1) is 16.2. The maximum absolute atomic E-state index is 13.9. The maximum Gasteiger partial charge on any atom is 0.150 e. The van der Waals surface area contributed by atoms with Crippen molar-refractivity contribution in [2.75, 3.05) is 39.3 Å². The molecule has 3 heteroatoms. The third-order valence-corrected chi connectivity index (χ3v) is 6.57. The fourth-order valence-electron chi connectivity index (χ4n) is 5.73. The minimum absolute atomic E-state index is 0.247. The van der Waals surface area contributed by atoms with Gasteiger partial charge in [0, 0.05) is 39.3 Å². The molecule has 4 aliphatic rings. The Morgan fingerprint density at radius 2 is 1.04 bits per heavy atom. The van der Waals surface area contributed by atoms with Gasteiger partial charge in [0.25, 0.3) is 0 Å². The van der Waals surface area contributed by atoms with Crippen LogP contribution in [0.1, 0.15) is 11.1 Å². The standard InChI is InChI=1S/C23H26N2O/c26-21-22(13-19-7-3-1-4-8-19)15-24-11-12-25(16-22)18-23(21,17-24)14-20-9-5-2-6-10-20/h1-10H,11-18H2. The number of fused-ring (bicyclic) bond motifs is 1. The van der Waals surface area contributed by atoms with E-state index < -0.39 is 0 Å². The molecule has 0 atom stereocenters. The molecule has 0 unspecified atom stereocenters. The van der Waals surface area contributed by atoms with Crippen LogP contribution in [0.15, 0.2) is 60.7 Å². The van der Waals surface area contributed by atoms with Crippen LogP contribution in [0.4, 0.5) is 0 Å². The Morgan fingerprint density at radius 3 is 1.42 bits per heavy atom. The fourth-order valence-corrected chi connectivity index (χ4v) is 5.73. The zero-order chi connectivity index (χ0) is 17.6. The molecule has 0 aliphatic carbocycles. The van der Waals surface area contributed by atoms with E-state index in [0.717, 1.165) is 52.1 Å². The van der Waals surface area contributed by atoms with Crippen LogP contribution in [-0.4, -0.2) is 54.9 Å². The van der Waals surface area contributed by atoms with Crippen LogP contribution in [-0.2, 0) is 17.6 Å². The van der Waals surface area contributed by atoms with Crippen LogP contribution in [0, 0.1) is 10.8 Å². The molecule has 0 radical (unpaired) electrons. The Kier molecular flexibility index (Phi) is 3.77. The van der Waals surface area contributed by atoms with Gasteiger partial charge in [0.15, 0.2) is 5.78 Å². The minimum Gasteiger partial charge on any atom is -0.300 e. The molecule has 134 valence electrons. The van der Waals surface area contributed by atoms with Gasteiger partial charge in [-0.15, -0.1) is 0 Å². The van der Waals surface area contributed by atoms with Crippen molar-refractivity contribution in [3.05, 3.63) is 71.8 Å². The van der Waals surface area contributed by atoms with Crippen LogP contribution >= 0.6 is 0 Å². The average Bonchev–Trinajstić information content (AvgIpc) is 2.88. The average molecular weight is 346 g/mol. The van der Waals surface area contributed by atoms with E-state index in [-0.39, 0.29) is 10.8 Å². The van der Waals surface area contributed by atoms with Crippen molar-refractivity contribution < 1.29 is 4.79 Å². The summed E-state index contributed by atoms with van der Waals surface area (Å²) in [5.41, 5.74) is 2.09. The lowest BCUT2D eigenvalue weighted by Crippen LogP contribution is -2.68. The van der Waals surface area contributed by atoms with E-state index in [1.807, 2.05) is 0 Å². The highest BCUT2D eigenvalue weighted by Crippen LogP contribution is 2.47. The van der Waals surface area contributed by atoms with Gasteiger partial charge in [0.05, 0.1) is 10.8 Å². The molecular weight excluding hydrogens is 320 g/mol. The number of ketones is 1. The molecule has 0 aromatic heterocycles. The van der Waals surface area contributed by atoms with Gasteiger partial charge >= 0.3 is 0 Å². The first-order valence-electron chi connectivity index (χ1n) is 9.75. The summed E-state index contributed by atoms with van der Waals surface area (Å²) < 4.78 is 0. The lowest BCUT2D eigenvalue weighted by atomic mass is 9.59. The van der Waals surface area contributed by atoms with Gasteiger partial charge in [-0.1, -0.05) is 60.7 Å². The fraction of sp³-hybridized carbons (Fsp3) is 0.435. The predicted octanol–water partition coefficient (Wildman–Crippen LogP) is 2.66. The number of carbonyl (C=O) groups excluding carboxylic acids is 1. The second-order valence-corrected chi connectivity index (χ2v) is 8.64. The molecular formula is C23H26N2O. The third kappa shape index (κ3) is 2.62. The number of Topliss-reactive ketones (excluding diaryl/α,β-unsaturated/α-hetero) is 1. The summed E-state index contributed by atoms with van der Waals surface area (Å²) in [5.74, 6) is 0.520. The molecule has 4 saturated heterocycles. The van der Waals surface area contributed by atoms with Gasteiger partial charge in [-0.05, 0) is 24.0 Å². The second-order valence-electron chi connectivity index (χ2n) is 8.64. The monoisotopic (exact) mass is 346 g/mol. The first-order valence-corrected chi connectivity index (χ1v) is 9.75. The first-order chi connectivity index (χ1) is 12.7. The Bertz CT molecular complexity index is 722. The van der Waals surface area contributed by atoms with Crippen LogP contribution < -0.4 is 0 Å². The topological polar surface area (TPSA) is 23.6 Å². The number of rotatable bonds is 4. The summed E-state index contributed by atoms with van der Waals surface area (Å²) in [7, 11) is 0. The molecule has 0 N–H and O–H groups in total. The largest absolute Gasteiger partial charge is 0.300 e. The minimum atomic E-state index is -0.247. The van der Waals surface area contributed by atoms with Crippen molar-refractivity contribution in [2.24, 2.45) is 10.8 Å². The quantitative estimate of drug-likeness (QED) is 0.850. The smallest absolute Gasteiger partial charge is 0.150 e. The van der Waals surface area contributed by atoms with Gasteiger partial charge < -0.3 is 0 Å². The van der Waals surface area contributed by atoms with Gasteiger partial charge in [-0.2, -0.15) is 0 Å². The highest BCUT2D eigenvalue weighted by Gasteiger charge is 2.60. The second kappa shape index (κ2) is 6.04. The summed E-state index contributed by atoms with van der Waals surface area (Å²) in [5, 5.41) is 0. The number of nitrogens with zero attached hydrogens (tertiary/aromatic N) is 2. The Hall–Kier alpha value is -1.97. The van der Waals surface area contributed by atoms with Crippen molar-refractivity contribution >= 4 is 5.78 Å². The molecule has 4 heterocycles. The van der Waals surface area contributed by atoms with Gasteiger partial charge in [0.1, 0.15) is 0 Å². The van der Waals surface area contributed by atoms with Crippen LogP contribution in [0.3, 0.4) is 0 Å². The van der Waals surface area contributed by atoms with Crippen molar-refractivity contribution in [3.8, 4) is 0 Å².